The zero-order valence-electron chi connectivity index (χ0n) is 9.89. The third-order valence-electron chi connectivity index (χ3n) is 3.10. The van der Waals surface area contributed by atoms with Gasteiger partial charge in [-0.3, -0.25) is 5.43 Å². The van der Waals surface area contributed by atoms with Crippen LogP contribution in [-0.2, 0) is 0 Å². The third kappa shape index (κ3) is 2.44. The lowest BCUT2D eigenvalue weighted by Crippen LogP contribution is -2.39. The maximum Gasteiger partial charge on any atom is 0.0233 e. The quantitative estimate of drug-likeness (QED) is 0.672. The van der Waals surface area contributed by atoms with Crippen LogP contribution in [0.1, 0.15) is 41.5 Å². The van der Waals surface area contributed by atoms with E-state index in [0.29, 0.717) is 17.5 Å². The highest BCUT2D eigenvalue weighted by Gasteiger charge is 2.37. The Hall–Kier alpha value is -0.0800. The van der Waals surface area contributed by atoms with Gasteiger partial charge >= 0.3 is 0 Å². The monoisotopic (exact) mass is 184 g/mol. The third-order valence-corrected chi connectivity index (χ3v) is 3.10. The van der Waals surface area contributed by atoms with Gasteiger partial charge in [0.2, 0.25) is 0 Å². The van der Waals surface area contributed by atoms with Gasteiger partial charge < -0.3 is 0 Å². The van der Waals surface area contributed by atoms with Crippen LogP contribution in [0, 0.1) is 11.3 Å². The van der Waals surface area contributed by atoms with E-state index in [1.807, 2.05) is 0 Å². The molecule has 1 rings (SSSR count). The number of hydrogen-bond acceptors (Lipinski definition) is 2. The average Bonchev–Trinajstić information content (AvgIpc) is 2.29. The summed E-state index contributed by atoms with van der Waals surface area (Å²) in [6, 6.07) is 1.22. The molecule has 2 unspecified atom stereocenters. The fraction of sp³-hybridized carbons (Fsp3) is 1.00. The smallest absolute Gasteiger partial charge is 0.0233 e. The SMILES string of the molecule is CC1NN(C(C)C)CC1C(C)(C)C. The highest BCUT2D eigenvalue weighted by atomic mass is 15.6. The normalized spacial score (nSPS) is 31.6. The van der Waals surface area contributed by atoms with Crippen molar-refractivity contribution in [3.05, 3.63) is 0 Å². The van der Waals surface area contributed by atoms with Crippen molar-refractivity contribution in [3.63, 3.8) is 0 Å². The molecule has 0 aliphatic carbocycles. The Morgan fingerprint density at radius 1 is 1.31 bits per heavy atom. The first-order valence-electron chi connectivity index (χ1n) is 5.35. The van der Waals surface area contributed by atoms with Gasteiger partial charge in [-0.25, -0.2) is 5.01 Å². The molecular weight excluding hydrogens is 160 g/mol. The van der Waals surface area contributed by atoms with Crippen LogP contribution in [0.5, 0.6) is 0 Å². The Kier molecular flexibility index (Phi) is 3.03. The van der Waals surface area contributed by atoms with Gasteiger partial charge in [-0.1, -0.05) is 20.8 Å². The van der Waals surface area contributed by atoms with Crippen molar-refractivity contribution in [1.29, 1.82) is 0 Å². The molecule has 1 aliphatic heterocycles. The summed E-state index contributed by atoms with van der Waals surface area (Å²) in [6.07, 6.45) is 0. The largest absolute Gasteiger partial charge is 0.252 e. The van der Waals surface area contributed by atoms with E-state index in [4.69, 9.17) is 0 Å². The zero-order chi connectivity index (χ0) is 10.2. The summed E-state index contributed by atoms with van der Waals surface area (Å²) >= 11 is 0. The number of hydrazine groups is 1. The molecule has 1 fully saturated rings. The fourth-order valence-corrected chi connectivity index (χ4v) is 2.16. The number of hydrogen-bond donors (Lipinski definition) is 1. The highest BCUT2D eigenvalue weighted by molar-refractivity contribution is 4.89. The lowest BCUT2D eigenvalue weighted by Gasteiger charge is -2.29. The van der Waals surface area contributed by atoms with E-state index in [-0.39, 0.29) is 0 Å². The molecule has 1 aliphatic rings. The fourth-order valence-electron chi connectivity index (χ4n) is 2.16. The molecule has 0 aromatic heterocycles. The second kappa shape index (κ2) is 3.58. The maximum absolute atomic E-state index is 3.54. The predicted molar refractivity (Wildman–Crippen MR) is 57.4 cm³/mol. The summed E-state index contributed by atoms with van der Waals surface area (Å²) in [7, 11) is 0. The molecule has 0 aromatic rings. The van der Waals surface area contributed by atoms with E-state index >= 15 is 0 Å². The molecule has 0 bridgehead atoms. The standard InChI is InChI=1S/C11H24N2/c1-8(2)13-7-10(9(3)12-13)11(4,5)6/h8-10,12H,7H2,1-6H3. The molecular formula is C11H24N2. The lowest BCUT2D eigenvalue weighted by molar-refractivity contribution is 0.178. The van der Waals surface area contributed by atoms with Crippen LogP contribution in [0.3, 0.4) is 0 Å². The Labute approximate surface area is 82.7 Å². The van der Waals surface area contributed by atoms with Crippen LogP contribution in [-0.4, -0.2) is 23.6 Å². The summed E-state index contributed by atoms with van der Waals surface area (Å²) in [4.78, 5) is 0. The van der Waals surface area contributed by atoms with Crippen molar-refractivity contribution >= 4 is 0 Å². The van der Waals surface area contributed by atoms with Crippen molar-refractivity contribution in [2.24, 2.45) is 11.3 Å². The first-order valence-corrected chi connectivity index (χ1v) is 5.35. The summed E-state index contributed by atoms with van der Waals surface area (Å²) in [5.74, 6) is 0.759. The molecule has 78 valence electrons. The van der Waals surface area contributed by atoms with Crippen molar-refractivity contribution in [1.82, 2.24) is 10.4 Å². The molecule has 0 spiro atoms. The van der Waals surface area contributed by atoms with Gasteiger partial charge in [-0.2, -0.15) is 0 Å². The van der Waals surface area contributed by atoms with Crippen molar-refractivity contribution in [2.45, 2.75) is 53.6 Å². The van der Waals surface area contributed by atoms with Crippen LogP contribution in [0.25, 0.3) is 0 Å². The second-order valence-corrected chi connectivity index (χ2v) is 5.64. The highest BCUT2D eigenvalue weighted by Crippen LogP contribution is 2.33. The molecule has 0 saturated carbocycles. The molecule has 1 saturated heterocycles. The van der Waals surface area contributed by atoms with E-state index in [1.165, 1.54) is 6.54 Å². The predicted octanol–water partition coefficient (Wildman–Crippen LogP) is 2.27. The Morgan fingerprint density at radius 2 is 1.85 bits per heavy atom. The number of nitrogens with zero attached hydrogens (tertiary/aromatic N) is 1. The molecule has 1 heterocycles. The van der Waals surface area contributed by atoms with Gasteiger partial charge in [0.25, 0.3) is 0 Å². The first kappa shape index (κ1) is 11.0. The molecule has 13 heavy (non-hydrogen) atoms. The van der Waals surface area contributed by atoms with E-state index in [0.717, 1.165) is 5.92 Å². The van der Waals surface area contributed by atoms with Crippen LogP contribution >= 0.6 is 0 Å². The van der Waals surface area contributed by atoms with Crippen LogP contribution in [0.15, 0.2) is 0 Å². The van der Waals surface area contributed by atoms with Crippen LogP contribution < -0.4 is 5.43 Å². The summed E-state index contributed by atoms with van der Waals surface area (Å²) in [6.45, 7) is 15.0. The van der Waals surface area contributed by atoms with Gasteiger partial charge in [-0.15, -0.1) is 0 Å². The van der Waals surface area contributed by atoms with Crippen LogP contribution in [0.2, 0.25) is 0 Å². The van der Waals surface area contributed by atoms with E-state index in [2.05, 4.69) is 52.0 Å². The van der Waals surface area contributed by atoms with Gasteiger partial charge in [-0.05, 0) is 32.1 Å². The Bertz CT molecular complexity index is 169. The Morgan fingerprint density at radius 3 is 2.08 bits per heavy atom. The average molecular weight is 184 g/mol. The molecule has 2 nitrogen and oxygen atoms in total. The topological polar surface area (TPSA) is 15.3 Å². The summed E-state index contributed by atoms with van der Waals surface area (Å²) in [5.41, 5.74) is 3.96. The molecule has 0 radical (unpaired) electrons. The van der Waals surface area contributed by atoms with Crippen molar-refractivity contribution in [3.8, 4) is 0 Å². The van der Waals surface area contributed by atoms with E-state index in [1.54, 1.807) is 0 Å². The van der Waals surface area contributed by atoms with E-state index in [9.17, 15) is 0 Å². The summed E-state index contributed by atoms with van der Waals surface area (Å²) < 4.78 is 0. The lowest BCUT2D eigenvalue weighted by atomic mass is 9.78. The van der Waals surface area contributed by atoms with Crippen molar-refractivity contribution < 1.29 is 0 Å². The second-order valence-electron chi connectivity index (χ2n) is 5.64. The molecule has 0 amide bonds. The summed E-state index contributed by atoms with van der Waals surface area (Å²) in [5, 5.41) is 2.36. The van der Waals surface area contributed by atoms with Gasteiger partial charge in [0, 0.05) is 18.6 Å². The molecule has 2 atom stereocenters. The van der Waals surface area contributed by atoms with Crippen molar-refractivity contribution in [2.75, 3.05) is 6.54 Å². The van der Waals surface area contributed by atoms with Gasteiger partial charge in [0.05, 0.1) is 0 Å². The first-order chi connectivity index (χ1) is 5.82. The number of rotatable bonds is 1. The minimum absolute atomic E-state index is 0.413. The zero-order valence-corrected chi connectivity index (χ0v) is 9.89. The van der Waals surface area contributed by atoms with E-state index < -0.39 is 0 Å². The molecule has 2 heteroatoms. The minimum Gasteiger partial charge on any atom is -0.252 e. The minimum atomic E-state index is 0.413. The molecule has 1 N–H and O–H groups in total. The maximum atomic E-state index is 3.54. The van der Waals surface area contributed by atoms with Gasteiger partial charge in [0.15, 0.2) is 0 Å². The number of nitrogens with one attached hydrogen (secondary N) is 1. The Balaban J connectivity index is 2.62. The van der Waals surface area contributed by atoms with Gasteiger partial charge in [0.1, 0.15) is 0 Å². The van der Waals surface area contributed by atoms with Crippen LogP contribution in [0.4, 0.5) is 0 Å². The molecule has 0 aromatic carbocycles.